The van der Waals surface area contributed by atoms with Gasteiger partial charge in [0.1, 0.15) is 24.4 Å². The lowest BCUT2D eigenvalue weighted by molar-refractivity contribution is -0.262. The number of benzene rings is 3. The molecule has 0 N–H and O–H groups in total. The van der Waals surface area contributed by atoms with Gasteiger partial charge in [0, 0.05) is 39.0 Å². The number of esters is 3. The van der Waals surface area contributed by atoms with E-state index in [0.717, 1.165) is 32.1 Å². The lowest BCUT2D eigenvalue weighted by Crippen LogP contribution is -2.66. The zero-order valence-electron chi connectivity index (χ0n) is 30.7. The molecule has 10 rings (SSSR count). The van der Waals surface area contributed by atoms with E-state index in [-0.39, 0.29) is 73.7 Å². The third kappa shape index (κ3) is 7.11. The van der Waals surface area contributed by atoms with Gasteiger partial charge in [-0.3, -0.25) is 4.79 Å². The number of carbonyl (C=O) groups excluding carboxylic acids is 3. The summed E-state index contributed by atoms with van der Waals surface area (Å²) in [5, 5.41) is 0. The highest BCUT2D eigenvalue weighted by Crippen LogP contribution is 2.63. The molecule has 1 saturated heterocycles. The maximum absolute atomic E-state index is 13.6. The molecule has 3 radical (unpaired) electrons. The van der Waals surface area contributed by atoms with Crippen LogP contribution in [0.5, 0.6) is 0 Å². The van der Waals surface area contributed by atoms with Crippen molar-refractivity contribution in [1.29, 1.82) is 0 Å². The average Bonchev–Trinajstić information content (AvgIpc) is 3.79. The van der Waals surface area contributed by atoms with Crippen LogP contribution in [0.25, 0.3) is 0 Å². The SMILES string of the molecule is CCC1(OC(=O)C(C)(F)F)C2CC3CC1CC(OCC(=O)OC1C4CC5C(=O)OC1C5C4)(C3)C2.[B].c1ccc([S+](c2ccccc2)c2ccccc2)cc1. The first-order valence-electron chi connectivity index (χ1n) is 19.0. The Labute approximate surface area is 320 Å². The van der Waals surface area contributed by atoms with E-state index in [1.54, 1.807) is 0 Å². The number of halogens is 2. The van der Waals surface area contributed by atoms with Crippen LogP contribution >= 0.6 is 0 Å². The number of alkyl halides is 2. The summed E-state index contributed by atoms with van der Waals surface area (Å²) < 4.78 is 50.3. The van der Waals surface area contributed by atoms with Gasteiger partial charge in [0.2, 0.25) is 0 Å². The van der Waals surface area contributed by atoms with Crippen LogP contribution in [0.1, 0.15) is 65.2 Å². The molecule has 0 aromatic heterocycles. The zero-order valence-corrected chi connectivity index (χ0v) is 31.6. The number of hydrogen-bond donors (Lipinski definition) is 0. The minimum atomic E-state index is -3.53. The average molecular weight is 757 g/mol. The van der Waals surface area contributed by atoms with Crippen molar-refractivity contribution in [2.75, 3.05) is 6.61 Å². The molecule has 1 heterocycles. The van der Waals surface area contributed by atoms with E-state index >= 15 is 0 Å². The van der Waals surface area contributed by atoms with Gasteiger partial charge in [-0.1, -0.05) is 61.5 Å². The smallest absolute Gasteiger partial charge is 0.377 e. The molecule has 7 nitrogen and oxygen atoms in total. The normalized spacial score (nSPS) is 33.8. The lowest BCUT2D eigenvalue weighted by atomic mass is 9.47. The highest BCUT2D eigenvalue weighted by atomic mass is 32.2. The van der Waals surface area contributed by atoms with E-state index in [9.17, 15) is 23.2 Å². The maximum atomic E-state index is 13.6. The highest BCUT2D eigenvalue weighted by Gasteiger charge is 2.66. The predicted molar refractivity (Wildman–Crippen MR) is 199 cm³/mol. The van der Waals surface area contributed by atoms with E-state index in [0.29, 0.717) is 32.1 Å². The second-order valence-corrected chi connectivity index (χ2v) is 18.0. The number of hydrogen-bond acceptors (Lipinski definition) is 7. The van der Waals surface area contributed by atoms with Gasteiger partial charge < -0.3 is 18.9 Å². The minimum absolute atomic E-state index is 0. The Bertz CT molecular complexity index is 1700. The van der Waals surface area contributed by atoms with Crippen LogP contribution in [0.4, 0.5) is 8.78 Å². The summed E-state index contributed by atoms with van der Waals surface area (Å²) in [4.78, 5) is 40.9. The summed E-state index contributed by atoms with van der Waals surface area (Å²) in [7, 11) is -0.0146. The molecule has 6 saturated carbocycles. The standard InChI is InChI=1S/C25H32F2O7.C18H15S.B/c1-3-25(34-22(30)23(2,26)27)14-4-12-5-15(25)10-24(8-12,9-14)31-11-18(28)32-19-13-6-16-17(7-13)21(29)33-20(16)19;1-4-10-16(11-5-1)19(17-12-6-2-7-13-17)18-14-8-3-9-15-18;/h12-17,19-20H,3-11H2,1-2H3;1-15H;/q;+1;. The number of rotatable bonds is 10. The minimum Gasteiger partial charge on any atom is -0.458 e. The van der Waals surface area contributed by atoms with E-state index in [1.807, 2.05) is 6.92 Å². The summed E-state index contributed by atoms with van der Waals surface area (Å²) in [6.45, 7) is 2.29. The molecule has 7 atom stereocenters. The molecule has 54 heavy (non-hydrogen) atoms. The van der Waals surface area contributed by atoms with Crippen LogP contribution in [0.2, 0.25) is 0 Å². The topological polar surface area (TPSA) is 88.1 Å². The Balaban J connectivity index is 0.000000191. The van der Waals surface area contributed by atoms with Crippen molar-refractivity contribution in [2.45, 2.75) is 109 Å². The second kappa shape index (κ2) is 15.1. The molecule has 283 valence electrons. The molecular weight excluding hydrogens is 709 g/mol. The summed E-state index contributed by atoms with van der Waals surface area (Å²) in [6, 6.07) is 32.2. The summed E-state index contributed by atoms with van der Waals surface area (Å²) in [6.07, 6.45) is 5.00. The van der Waals surface area contributed by atoms with Gasteiger partial charge in [-0.15, -0.1) is 0 Å². The molecule has 6 bridgehead atoms. The van der Waals surface area contributed by atoms with Gasteiger partial charge in [-0.05, 0) is 93.7 Å². The van der Waals surface area contributed by atoms with Gasteiger partial charge in [0.15, 0.2) is 14.7 Å². The number of fused-ring (bicyclic) bond motifs is 1. The van der Waals surface area contributed by atoms with Crippen LogP contribution in [0, 0.1) is 35.5 Å². The fourth-order valence-corrected chi connectivity index (χ4v) is 12.9. The Morgan fingerprint density at radius 3 is 1.87 bits per heavy atom. The van der Waals surface area contributed by atoms with Gasteiger partial charge in [0.05, 0.1) is 22.4 Å². The van der Waals surface area contributed by atoms with Gasteiger partial charge in [0.25, 0.3) is 0 Å². The molecule has 3 aromatic carbocycles. The third-order valence-electron chi connectivity index (χ3n) is 12.8. The van der Waals surface area contributed by atoms with E-state index in [2.05, 4.69) is 91.0 Å². The Morgan fingerprint density at radius 1 is 0.833 bits per heavy atom. The Kier molecular flexibility index (Phi) is 10.8. The molecule has 0 amide bonds. The molecule has 1 aliphatic heterocycles. The Hall–Kier alpha value is -3.70. The predicted octanol–water partition coefficient (Wildman–Crippen LogP) is 7.82. The van der Waals surface area contributed by atoms with Crippen LogP contribution in [-0.4, -0.2) is 62.3 Å². The van der Waals surface area contributed by atoms with Crippen molar-refractivity contribution >= 4 is 37.2 Å². The van der Waals surface area contributed by atoms with Crippen molar-refractivity contribution in [3.05, 3.63) is 91.0 Å². The summed E-state index contributed by atoms with van der Waals surface area (Å²) in [5.74, 6) is -5.05. The molecule has 7 aliphatic rings. The molecule has 0 spiro atoms. The van der Waals surface area contributed by atoms with Crippen LogP contribution in [0.15, 0.2) is 106 Å². The quantitative estimate of drug-likeness (QED) is 0.0903. The molecule has 11 heteroatoms. The fourth-order valence-electron chi connectivity index (χ4n) is 10.8. The van der Waals surface area contributed by atoms with Gasteiger partial charge in [-0.25, -0.2) is 9.59 Å². The first-order valence-corrected chi connectivity index (χ1v) is 20.3. The summed E-state index contributed by atoms with van der Waals surface area (Å²) >= 11 is 0. The van der Waals surface area contributed by atoms with Gasteiger partial charge in [-0.2, -0.15) is 8.78 Å². The molecule has 7 unspecified atom stereocenters. The Morgan fingerprint density at radius 2 is 1.37 bits per heavy atom. The third-order valence-corrected chi connectivity index (χ3v) is 15.1. The van der Waals surface area contributed by atoms with Crippen molar-refractivity contribution in [2.24, 2.45) is 35.5 Å². The molecule has 6 aliphatic carbocycles. The van der Waals surface area contributed by atoms with Gasteiger partial charge >= 0.3 is 23.8 Å². The largest absolute Gasteiger partial charge is 0.458 e. The lowest BCUT2D eigenvalue weighted by Gasteiger charge is -2.64. The second-order valence-electron chi connectivity index (χ2n) is 16.0. The fraction of sp³-hybridized carbons (Fsp3) is 0.512. The molecule has 3 aromatic rings. The maximum Gasteiger partial charge on any atom is 0.377 e. The van der Waals surface area contributed by atoms with E-state index in [1.165, 1.54) is 14.7 Å². The first kappa shape index (κ1) is 38.6. The number of carbonyl (C=O) groups is 3. The van der Waals surface area contributed by atoms with Crippen molar-refractivity contribution in [3.8, 4) is 0 Å². The zero-order chi connectivity index (χ0) is 37.0. The van der Waals surface area contributed by atoms with E-state index < -0.39 is 29.1 Å². The van der Waals surface area contributed by atoms with E-state index in [4.69, 9.17) is 18.9 Å². The van der Waals surface area contributed by atoms with Crippen LogP contribution in [0.3, 0.4) is 0 Å². The first-order chi connectivity index (χ1) is 25.5. The highest BCUT2D eigenvalue weighted by molar-refractivity contribution is 7.97. The van der Waals surface area contributed by atoms with Crippen LogP contribution < -0.4 is 0 Å². The molecular formula is C43H47BF2O7S+. The summed E-state index contributed by atoms with van der Waals surface area (Å²) in [5.41, 5.74) is -1.41. The van der Waals surface area contributed by atoms with Crippen LogP contribution in [-0.2, 0) is 44.2 Å². The monoisotopic (exact) mass is 756 g/mol. The van der Waals surface area contributed by atoms with Crippen molar-refractivity contribution < 1.29 is 42.1 Å². The number of ether oxygens (including phenoxy) is 4. The van der Waals surface area contributed by atoms with Crippen molar-refractivity contribution in [3.63, 3.8) is 0 Å². The molecule has 7 fully saturated rings. The van der Waals surface area contributed by atoms with Crippen molar-refractivity contribution in [1.82, 2.24) is 0 Å².